The molecule has 0 N–H and O–H groups in total. The number of ether oxygens (including phenoxy) is 2. The molecule has 0 unspecified atom stereocenters. The first-order valence-corrected chi connectivity index (χ1v) is 21.6. The standard InChI is InChI=1S/2C25H23F2N5O/c2*1-16-14-31(15-28-16)22-9-5-17(12-23(22)33-2)6-10-24-29-25-19(4-3-11-32(25)30-24)18-7-8-20(26)21(27)13-18/h2*5-10,12-15,19H,3-4,11H2,1-2H3/b2*10-6+/t2*19-/m10/s1. The van der Waals surface area contributed by atoms with Gasteiger partial charge in [0.25, 0.3) is 0 Å². The van der Waals surface area contributed by atoms with Crippen molar-refractivity contribution in [2.45, 2.75) is 64.5 Å². The molecule has 2 aliphatic heterocycles. The van der Waals surface area contributed by atoms with Crippen LogP contribution in [0, 0.1) is 37.1 Å². The van der Waals surface area contributed by atoms with Gasteiger partial charge in [-0.25, -0.2) is 46.9 Å². The Morgan fingerprint density at radius 1 is 0.545 bits per heavy atom. The van der Waals surface area contributed by atoms with Gasteiger partial charge in [0.1, 0.15) is 23.1 Å². The van der Waals surface area contributed by atoms with Gasteiger partial charge in [-0.05, 0) is 122 Å². The summed E-state index contributed by atoms with van der Waals surface area (Å²) in [5, 5.41) is 9.20. The molecule has 6 heterocycles. The Morgan fingerprint density at radius 2 is 0.985 bits per heavy atom. The van der Waals surface area contributed by atoms with E-state index in [0.29, 0.717) is 22.8 Å². The van der Waals surface area contributed by atoms with E-state index >= 15 is 0 Å². The summed E-state index contributed by atoms with van der Waals surface area (Å²) in [7, 11) is 3.28. The van der Waals surface area contributed by atoms with Crippen molar-refractivity contribution in [3.8, 4) is 22.9 Å². The smallest absolute Gasteiger partial charge is 0.174 e. The quantitative estimate of drug-likeness (QED) is 0.125. The number of aromatic nitrogens is 10. The van der Waals surface area contributed by atoms with Gasteiger partial charge in [0.05, 0.1) is 49.6 Å². The highest BCUT2D eigenvalue weighted by atomic mass is 19.2. The Morgan fingerprint density at radius 3 is 1.36 bits per heavy atom. The number of nitrogens with zero attached hydrogens (tertiary/aromatic N) is 10. The molecule has 0 saturated heterocycles. The molecule has 12 nitrogen and oxygen atoms in total. The predicted octanol–water partition coefficient (Wildman–Crippen LogP) is 10.3. The number of methoxy groups -OCH3 is 2. The molecule has 10 rings (SSSR count). The lowest BCUT2D eigenvalue weighted by atomic mass is 9.91. The second-order valence-corrected chi connectivity index (χ2v) is 16.2. The minimum Gasteiger partial charge on any atom is -0.495 e. The maximum absolute atomic E-state index is 13.8. The van der Waals surface area contributed by atoms with Crippen LogP contribution in [0.4, 0.5) is 17.6 Å². The van der Waals surface area contributed by atoms with Gasteiger partial charge in [0.15, 0.2) is 34.9 Å². The topological polar surface area (TPSA) is 116 Å². The van der Waals surface area contributed by atoms with E-state index in [2.05, 4.69) is 20.2 Å². The first kappa shape index (κ1) is 43.6. The average molecular weight is 895 g/mol. The summed E-state index contributed by atoms with van der Waals surface area (Å²) in [6.45, 7) is 5.38. The van der Waals surface area contributed by atoms with Crippen LogP contribution in [-0.4, -0.2) is 62.9 Å². The maximum atomic E-state index is 13.8. The average Bonchev–Trinajstić information content (AvgIpc) is 4.16. The number of hydrogen-bond donors (Lipinski definition) is 0. The summed E-state index contributed by atoms with van der Waals surface area (Å²) in [6, 6.07) is 19.9. The largest absolute Gasteiger partial charge is 0.495 e. The van der Waals surface area contributed by atoms with Crippen molar-refractivity contribution >= 4 is 24.3 Å². The number of halogens is 4. The van der Waals surface area contributed by atoms with Crippen molar-refractivity contribution in [1.82, 2.24) is 48.6 Å². The summed E-state index contributed by atoms with van der Waals surface area (Å²) in [6.07, 6.45) is 18.4. The number of benzene rings is 4. The summed E-state index contributed by atoms with van der Waals surface area (Å²) >= 11 is 0. The van der Waals surface area contributed by atoms with E-state index in [1.54, 1.807) is 39.0 Å². The fourth-order valence-corrected chi connectivity index (χ4v) is 8.44. The number of imidazole rings is 2. The molecule has 0 saturated carbocycles. The van der Waals surface area contributed by atoms with Gasteiger partial charge in [-0.15, -0.1) is 0 Å². The minimum absolute atomic E-state index is 0.110. The van der Waals surface area contributed by atoms with E-state index in [-0.39, 0.29) is 11.8 Å². The van der Waals surface area contributed by atoms with Crippen LogP contribution in [0.25, 0.3) is 35.7 Å². The van der Waals surface area contributed by atoms with E-state index in [0.717, 1.165) is 95.8 Å². The number of fused-ring (bicyclic) bond motifs is 2. The lowest BCUT2D eigenvalue weighted by molar-refractivity contribution is 0.412. The second kappa shape index (κ2) is 18.8. The van der Waals surface area contributed by atoms with Crippen LogP contribution in [0.5, 0.6) is 11.5 Å². The molecule has 66 heavy (non-hydrogen) atoms. The van der Waals surface area contributed by atoms with Crippen LogP contribution in [0.1, 0.15) is 94.5 Å². The van der Waals surface area contributed by atoms with Crippen molar-refractivity contribution < 1.29 is 27.0 Å². The third kappa shape index (κ3) is 9.30. The lowest BCUT2D eigenvalue weighted by Gasteiger charge is -2.22. The summed E-state index contributed by atoms with van der Waals surface area (Å²) in [5.41, 5.74) is 6.98. The van der Waals surface area contributed by atoms with Gasteiger partial charge in [-0.1, -0.05) is 36.4 Å². The first-order valence-electron chi connectivity index (χ1n) is 21.6. The molecule has 0 bridgehead atoms. The normalized spacial score (nSPS) is 15.7. The Balaban J connectivity index is 0.000000166. The molecule has 0 aliphatic carbocycles. The molecule has 0 amide bonds. The van der Waals surface area contributed by atoms with E-state index < -0.39 is 23.3 Å². The summed E-state index contributed by atoms with van der Waals surface area (Å²) < 4.78 is 73.0. The van der Waals surface area contributed by atoms with Crippen LogP contribution >= 0.6 is 0 Å². The van der Waals surface area contributed by atoms with E-state index in [1.165, 1.54) is 24.3 Å². The Hall–Kier alpha value is -7.62. The molecule has 0 radical (unpaired) electrons. The number of rotatable bonds is 10. The van der Waals surface area contributed by atoms with Crippen molar-refractivity contribution in [3.05, 3.63) is 178 Å². The maximum Gasteiger partial charge on any atom is 0.174 e. The van der Waals surface area contributed by atoms with Gasteiger partial charge < -0.3 is 18.6 Å². The van der Waals surface area contributed by atoms with Gasteiger partial charge in [0, 0.05) is 37.3 Å². The van der Waals surface area contributed by atoms with Crippen molar-refractivity contribution in [3.63, 3.8) is 0 Å². The van der Waals surface area contributed by atoms with Crippen LogP contribution in [0.2, 0.25) is 0 Å². The van der Waals surface area contributed by atoms with Gasteiger partial charge in [0.2, 0.25) is 0 Å². The minimum atomic E-state index is -0.843. The highest BCUT2D eigenvalue weighted by Crippen LogP contribution is 2.35. The van der Waals surface area contributed by atoms with Gasteiger partial charge >= 0.3 is 0 Å². The molecule has 16 heteroatoms. The predicted molar refractivity (Wildman–Crippen MR) is 242 cm³/mol. The Kier molecular flexibility index (Phi) is 12.5. The zero-order valence-corrected chi connectivity index (χ0v) is 36.7. The van der Waals surface area contributed by atoms with Gasteiger partial charge in [-0.3, -0.25) is 0 Å². The molecular weight excluding hydrogens is 849 g/mol. The van der Waals surface area contributed by atoms with Crippen LogP contribution in [-0.2, 0) is 13.1 Å². The van der Waals surface area contributed by atoms with E-state index in [1.807, 2.05) is 105 Å². The summed E-state index contributed by atoms with van der Waals surface area (Å²) in [5.74, 6) is 0.567. The Bertz CT molecular complexity index is 2890. The van der Waals surface area contributed by atoms with Crippen LogP contribution in [0.3, 0.4) is 0 Å². The first-order chi connectivity index (χ1) is 32.0. The fraction of sp³-hybridized carbons (Fsp3) is 0.240. The van der Waals surface area contributed by atoms with E-state index in [9.17, 15) is 17.6 Å². The number of hydrogen-bond acceptors (Lipinski definition) is 8. The second-order valence-electron chi connectivity index (χ2n) is 16.2. The molecule has 4 aromatic heterocycles. The molecule has 2 aliphatic rings. The van der Waals surface area contributed by atoms with Crippen molar-refractivity contribution in [2.24, 2.45) is 0 Å². The zero-order valence-electron chi connectivity index (χ0n) is 36.7. The monoisotopic (exact) mass is 894 g/mol. The van der Waals surface area contributed by atoms with Gasteiger partial charge in [-0.2, -0.15) is 10.2 Å². The summed E-state index contributed by atoms with van der Waals surface area (Å²) in [4.78, 5) is 17.9. The highest BCUT2D eigenvalue weighted by molar-refractivity contribution is 5.70. The molecule has 8 aromatic rings. The van der Waals surface area contributed by atoms with E-state index in [4.69, 9.17) is 19.4 Å². The van der Waals surface area contributed by atoms with Crippen LogP contribution < -0.4 is 9.47 Å². The van der Waals surface area contributed by atoms with Crippen molar-refractivity contribution in [1.29, 1.82) is 0 Å². The third-order valence-electron chi connectivity index (χ3n) is 11.7. The molecule has 0 fully saturated rings. The van der Waals surface area contributed by atoms with Crippen molar-refractivity contribution in [2.75, 3.05) is 14.2 Å². The Labute approximate surface area is 378 Å². The lowest BCUT2D eigenvalue weighted by Crippen LogP contribution is -2.18. The third-order valence-corrected chi connectivity index (χ3v) is 11.7. The molecule has 4 aromatic carbocycles. The molecule has 2 atom stereocenters. The molecule has 336 valence electrons. The molecule has 0 spiro atoms. The SMILES string of the molecule is COc1cc(/C=C/c2nc3n(n2)CCC[C@@H]3c2ccc(F)c(F)c2)ccc1-n1cnc(C)c1.COc1cc(/C=C/c2nc3n(n2)CCC[C@H]3c2ccc(F)c(F)c2)ccc1-n1cnc(C)c1. The zero-order chi connectivity index (χ0) is 45.9. The fourth-order valence-electron chi connectivity index (χ4n) is 8.44. The molecular formula is C50H46F4N10O2. The number of aryl methyl sites for hydroxylation is 4. The van der Waals surface area contributed by atoms with Crippen LogP contribution in [0.15, 0.2) is 97.8 Å². The highest BCUT2D eigenvalue weighted by Gasteiger charge is 2.28.